The van der Waals surface area contributed by atoms with Gasteiger partial charge in [-0.3, -0.25) is 4.79 Å². The van der Waals surface area contributed by atoms with Crippen LogP contribution in [0.2, 0.25) is 0 Å². The molecule has 2 N–H and O–H groups in total. The minimum atomic E-state index is -0.845. The number of carboxylic acid groups (broad SMARTS) is 1. The van der Waals surface area contributed by atoms with Crippen LogP contribution in [0.3, 0.4) is 0 Å². The van der Waals surface area contributed by atoms with Crippen LogP contribution in [0.5, 0.6) is 0 Å². The average molecular weight is 318 g/mol. The fourth-order valence-corrected chi connectivity index (χ4v) is 3.60. The van der Waals surface area contributed by atoms with E-state index in [1.54, 1.807) is 6.92 Å². The topological polar surface area (TPSA) is 78.9 Å². The van der Waals surface area contributed by atoms with Crippen LogP contribution in [0.4, 0.5) is 10.5 Å². The number of rotatable bonds is 3. The van der Waals surface area contributed by atoms with E-state index in [0.29, 0.717) is 19.7 Å². The van der Waals surface area contributed by atoms with Crippen molar-refractivity contribution in [3.8, 4) is 0 Å². The van der Waals surface area contributed by atoms with Crippen molar-refractivity contribution in [1.82, 2.24) is 4.90 Å². The highest BCUT2D eigenvalue weighted by molar-refractivity contribution is 5.73. The molecule has 1 spiro atoms. The number of nitrogens with zero attached hydrogens (tertiary/aromatic N) is 1. The number of ether oxygens (including phenoxy) is 1. The van der Waals surface area contributed by atoms with E-state index < -0.39 is 6.09 Å². The number of fused-ring (bicyclic) bond motifs is 2. The van der Waals surface area contributed by atoms with Gasteiger partial charge in [0.2, 0.25) is 0 Å². The second-order valence-electron chi connectivity index (χ2n) is 6.27. The Balaban J connectivity index is 1.79. The number of amides is 1. The van der Waals surface area contributed by atoms with Gasteiger partial charge in [-0.2, -0.15) is 0 Å². The zero-order valence-electron chi connectivity index (χ0n) is 13.3. The molecule has 6 heteroatoms. The van der Waals surface area contributed by atoms with E-state index >= 15 is 0 Å². The van der Waals surface area contributed by atoms with Crippen LogP contribution in [-0.2, 0) is 21.4 Å². The number of piperidine rings is 1. The summed E-state index contributed by atoms with van der Waals surface area (Å²) in [7, 11) is 0. The Morgan fingerprint density at radius 1 is 1.35 bits per heavy atom. The number of carbonyl (C=O) groups is 2. The van der Waals surface area contributed by atoms with Gasteiger partial charge in [-0.05, 0) is 37.0 Å². The van der Waals surface area contributed by atoms with Gasteiger partial charge in [-0.1, -0.05) is 12.1 Å². The number of nitrogens with one attached hydrogen (secondary N) is 1. The van der Waals surface area contributed by atoms with Crippen molar-refractivity contribution in [2.24, 2.45) is 0 Å². The Kier molecular flexibility index (Phi) is 4.15. The Morgan fingerprint density at radius 3 is 2.74 bits per heavy atom. The van der Waals surface area contributed by atoms with Crippen LogP contribution < -0.4 is 5.32 Å². The summed E-state index contributed by atoms with van der Waals surface area (Å²) in [5.41, 5.74) is 3.24. The molecular weight excluding hydrogens is 296 g/mol. The number of esters is 1. The molecule has 1 aromatic rings. The molecule has 1 amide bonds. The maximum Gasteiger partial charge on any atom is 0.407 e. The molecule has 2 aliphatic rings. The Labute approximate surface area is 135 Å². The van der Waals surface area contributed by atoms with Crippen molar-refractivity contribution in [2.45, 2.75) is 31.6 Å². The number of anilines is 1. The monoisotopic (exact) mass is 318 g/mol. The Bertz CT molecular complexity index is 621. The summed E-state index contributed by atoms with van der Waals surface area (Å²) in [6.07, 6.45) is 1.05. The van der Waals surface area contributed by atoms with Crippen LogP contribution in [0, 0.1) is 0 Å². The van der Waals surface area contributed by atoms with Gasteiger partial charge in [-0.25, -0.2) is 4.79 Å². The molecule has 1 saturated heterocycles. The molecular formula is C17H22N2O4. The van der Waals surface area contributed by atoms with E-state index in [1.807, 2.05) is 12.1 Å². The van der Waals surface area contributed by atoms with Crippen molar-refractivity contribution >= 4 is 17.7 Å². The molecule has 0 atom stereocenters. The standard InChI is InChI=1S/C17H22N2O4/c1-2-23-15(20)10-12-3-4-14-13(9-12)17(11-18-14)5-7-19(8-6-17)16(21)22/h3-4,9,18H,2,5-8,10-11H2,1H3,(H,21,22). The summed E-state index contributed by atoms with van der Waals surface area (Å²) < 4.78 is 5.02. The van der Waals surface area contributed by atoms with Crippen LogP contribution in [0.1, 0.15) is 30.9 Å². The fourth-order valence-electron chi connectivity index (χ4n) is 3.60. The lowest BCUT2D eigenvalue weighted by molar-refractivity contribution is -0.142. The highest BCUT2D eigenvalue weighted by atomic mass is 16.5. The molecule has 2 aliphatic heterocycles. The van der Waals surface area contributed by atoms with Crippen LogP contribution >= 0.6 is 0 Å². The number of likely N-dealkylation sites (tertiary alicyclic amines) is 1. The summed E-state index contributed by atoms with van der Waals surface area (Å²) in [4.78, 5) is 24.3. The van der Waals surface area contributed by atoms with Crippen molar-refractivity contribution in [3.05, 3.63) is 29.3 Å². The number of benzene rings is 1. The van der Waals surface area contributed by atoms with Gasteiger partial charge < -0.3 is 20.1 Å². The predicted molar refractivity (Wildman–Crippen MR) is 85.8 cm³/mol. The Hall–Kier alpha value is -2.24. The molecule has 2 heterocycles. The maximum atomic E-state index is 11.7. The highest BCUT2D eigenvalue weighted by Gasteiger charge is 2.42. The number of carbonyl (C=O) groups excluding carboxylic acids is 1. The van der Waals surface area contributed by atoms with Gasteiger partial charge in [0.1, 0.15) is 0 Å². The summed E-state index contributed by atoms with van der Waals surface area (Å²) in [6, 6.07) is 6.05. The lowest BCUT2D eigenvalue weighted by atomic mass is 9.74. The van der Waals surface area contributed by atoms with Gasteiger partial charge in [-0.15, -0.1) is 0 Å². The van der Waals surface area contributed by atoms with E-state index in [4.69, 9.17) is 9.84 Å². The molecule has 1 aromatic carbocycles. The van der Waals surface area contributed by atoms with E-state index in [2.05, 4.69) is 11.4 Å². The lowest BCUT2D eigenvalue weighted by Crippen LogP contribution is -2.45. The molecule has 0 bridgehead atoms. The average Bonchev–Trinajstić information content (AvgIpc) is 2.86. The van der Waals surface area contributed by atoms with Gasteiger partial charge in [0.25, 0.3) is 0 Å². The molecule has 23 heavy (non-hydrogen) atoms. The number of hydrogen-bond donors (Lipinski definition) is 2. The predicted octanol–water partition coefficient (Wildman–Crippen LogP) is 2.23. The van der Waals surface area contributed by atoms with Crippen molar-refractivity contribution in [3.63, 3.8) is 0 Å². The van der Waals surface area contributed by atoms with Crippen molar-refractivity contribution in [1.29, 1.82) is 0 Å². The normalized spacial score (nSPS) is 18.4. The first-order chi connectivity index (χ1) is 11.0. The molecule has 0 aromatic heterocycles. The molecule has 0 radical (unpaired) electrons. The van der Waals surface area contributed by atoms with Gasteiger partial charge in [0, 0.05) is 30.7 Å². The van der Waals surface area contributed by atoms with E-state index in [-0.39, 0.29) is 17.8 Å². The summed E-state index contributed by atoms with van der Waals surface area (Å²) >= 11 is 0. The van der Waals surface area contributed by atoms with Crippen LogP contribution in [0.25, 0.3) is 0 Å². The first-order valence-corrected chi connectivity index (χ1v) is 8.05. The molecule has 6 nitrogen and oxygen atoms in total. The van der Waals surface area contributed by atoms with Gasteiger partial charge in [0.05, 0.1) is 13.0 Å². The third-order valence-electron chi connectivity index (χ3n) is 4.92. The minimum Gasteiger partial charge on any atom is -0.466 e. The second-order valence-corrected chi connectivity index (χ2v) is 6.27. The van der Waals surface area contributed by atoms with E-state index in [0.717, 1.165) is 30.6 Å². The molecule has 124 valence electrons. The van der Waals surface area contributed by atoms with Crippen LogP contribution in [-0.4, -0.2) is 48.3 Å². The lowest BCUT2D eigenvalue weighted by Gasteiger charge is -2.38. The summed E-state index contributed by atoms with van der Waals surface area (Å²) in [5.74, 6) is -0.215. The molecule has 0 saturated carbocycles. The second kappa shape index (κ2) is 6.10. The smallest absolute Gasteiger partial charge is 0.407 e. The Morgan fingerprint density at radius 2 is 2.09 bits per heavy atom. The zero-order chi connectivity index (χ0) is 16.4. The van der Waals surface area contributed by atoms with Crippen molar-refractivity contribution in [2.75, 3.05) is 31.6 Å². The molecule has 0 unspecified atom stereocenters. The first kappa shape index (κ1) is 15.6. The SMILES string of the molecule is CCOC(=O)Cc1ccc2c(c1)C1(CCN(C(=O)O)CC1)CN2. The van der Waals surface area contributed by atoms with Crippen LogP contribution in [0.15, 0.2) is 18.2 Å². The van der Waals surface area contributed by atoms with Gasteiger partial charge in [0.15, 0.2) is 0 Å². The highest BCUT2D eigenvalue weighted by Crippen LogP contribution is 2.44. The number of hydrogen-bond acceptors (Lipinski definition) is 4. The molecule has 0 aliphatic carbocycles. The van der Waals surface area contributed by atoms with E-state index in [9.17, 15) is 9.59 Å². The molecule has 1 fully saturated rings. The zero-order valence-corrected chi connectivity index (χ0v) is 13.3. The quantitative estimate of drug-likeness (QED) is 0.836. The van der Waals surface area contributed by atoms with Crippen molar-refractivity contribution < 1.29 is 19.4 Å². The summed E-state index contributed by atoms with van der Waals surface area (Å²) in [6.45, 7) is 4.13. The van der Waals surface area contributed by atoms with Gasteiger partial charge >= 0.3 is 12.1 Å². The first-order valence-electron chi connectivity index (χ1n) is 8.05. The van der Waals surface area contributed by atoms with E-state index in [1.165, 1.54) is 10.5 Å². The molecule has 3 rings (SSSR count). The summed E-state index contributed by atoms with van der Waals surface area (Å²) in [5, 5.41) is 12.5. The third kappa shape index (κ3) is 2.98. The third-order valence-corrected chi connectivity index (χ3v) is 4.92. The fraction of sp³-hybridized carbons (Fsp3) is 0.529. The maximum absolute atomic E-state index is 11.7. The minimum absolute atomic E-state index is 0.0219. The largest absolute Gasteiger partial charge is 0.466 e.